The summed E-state index contributed by atoms with van der Waals surface area (Å²) >= 11 is 0. The number of nitrogens with one attached hydrogen (secondary N) is 1. The fourth-order valence-corrected chi connectivity index (χ4v) is 4.61. The van der Waals surface area contributed by atoms with Crippen molar-refractivity contribution in [1.29, 1.82) is 0 Å². The third-order valence-corrected chi connectivity index (χ3v) is 6.50. The summed E-state index contributed by atoms with van der Waals surface area (Å²) in [4.78, 5) is 37.8. The molecule has 2 N–H and O–H groups in total. The predicted octanol–water partition coefficient (Wildman–Crippen LogP) is 3.26. The Morgan fingerprint density at radius 2 is 1.74 bits per heavy atom. The second-order valence-corrected chi connectivity index (χ2v) is 8.88. The number of carbonyl (C=O) groups is 3. The van der Waals surface area contributed by atoms with Crippen LogP contribution in [0.3, 0.4) is 0 Å². The third-order valence-electron chi connectivity index (χ3n) is 6.50. The number of hydrogen-bond acceptors (Lipinski definition) is 6. The summed E-state index contributed by atoms with van der Waals surface area (Å²) in [6.07, 6.45) is 0.568. The summed E-state index contributed by atoms with van der Waals surface area (Å²) < 4.78 is 10.4. The van der Waals surface area contributed by atoms with E-state index in [9.17, 15) is 19.5 Å². The molecule has 2 heterocycles. The van der Waals surface area contributed by atoms with Gasteiger partial charge in [-0.3, -0.25) is 9.59 Å². The highest BCUT2D eigenvalue weighted by Gasteiger charge is 2.48. The lowest BCUT2D eigenvalue weighted by atomic mass is 9.82. The standard InChI is InChI=1S/C25H23N3O6/c1-25(23(30)31)13-28(14-25)22(29)20-12-34-27-21(20)10-26-24(32)33-11-19-17-8-4-2-6-15(17)16-7-3-5-9-18(16)19/h2-9,12,19H,10-11,13-14H2,1H3,(H,26,32)(H,30,31). The van der Waals surface area contributed by atoms with Crippen LogP contribution in [0.1, 0.15) is 40.0 Å². The largest absolute Gasteiger partial charge is 0.481 e. The van der Waals surface area contributed by atoms with Crippen molar-refractivity contribution in [2.24, 2.45) is 5.41 Å². The minimum atomic E-state index is -0.952. The number of alkyl carbamates (subject to hydrolysis) is 1. The van der Waals surface area contributed by atoms with E-state index in [1.807, 2.05) is 36.4 Å². The third kappa shape index (κ3) is 3.68. The van der Waals surface area contributed by atoms with Gasteiger partial charge in [0, 0.05) is 19.0 Å². The maximum atomic E-state index is 12.7. The Morgan fingerprint density at radius 1 is 1.12 bits per heavy atom. The van der Waals surface area contributed by atoms with Crippen LogP contribution in [0.2, 0.25) is 0 Å². The first-order valence-electron chi connectivity index (χ1n) is 10.9. The van der Waals surface area contributed by atoms with Gasteiger partial charge < -0.3 is 24.6 Å². The molecule has 2 amide bonds. The summed E-state index contributed by atoms with van der Waals surface area (Å²) in [5.74, 6) is -1.39. The van der Waals surface area contributed by atoms with Crippen LogP contribution in [-0.2, 0) is 16.1 Å². The average molecular weight is 461 g/mol. The maximum absolute atomic E-state index is 12.7. The number of carboxylic acids is 1. The van der Waals surface area contributed by atoms with Crippen LogP contribution in [0.25, 0.3) is 11.1 Å². The number of hydrogen-bond donors (Lipinski definition) is 2. The van der Waals surface area contributed by atoms with E-state index in [1.54, 1.807) is 6.92 Å². The van der Waals surface area contributed by atoms with Crippen LogP contribution < -0.4 is 5.32 Å². The van der Waals surface area contributed by atoms with Gasteiger partial charge in [-0.15, -0.1) is 0 Å². The fourth-order valence-electron chi connectivity index (χ4n) is 4.61. The maximum Gasteiger partial charge on any atom is 0.407 e. The van der Waals surface area contributed by atoms with Crippen molar-refractivity contribution in [2.45, 2.75) is 19.4 Å². The van der Waals surface area contributed by atoms with Gasteiger partial charge in [-0.05, 0) is 29.2 Å². The van der Waals surface area contributed by atoms with E-state index in [1.165, 1.54) is 11.2 Å². The Bertz CT molecular complexity index is 1230. The minimum absolute atomic E-state index is 0.0573. The van der Waals surface area contributed by atoms with Gasteiger partial charge in [-0.2, -0.15) is 0 Å². The fraction of sp³-hybridized carbons (Fsp3) is 0.280. The Labute approximate surface area is 195 Å². The van der Waals surface area contributed by atoms with Gasteiger partial charge in [0.2, 0.25) is 0 Å². The zero-order valence-corrected chi connectivity index (χ0v) is 18.5. The highest BCUT2D eigenvalue weighted by atomic mass is 16.5. The Balaban J connectivity index is 1.18. The molecular formula is C25H23N3O6. The number of aliphatic carboxylic acids is 1. The second kappa shape index (κ2) is 8.33. The normalized spacial score (nSPS) is 15.7. The highest BCUT2D eigenvalue weighted by Crippen LogP contribution is 2.44. The van der Waals surface area contributed by atoms with Crippen LogP contribution >= 0.6 is 0 Å². The molecule has 0 bridgehead atoms. The van der Waals surface area contributed by atoms with Gasteiger partial charge in [0.05, 0.1) is 6.54 Å². The van der Waals surface area contributed by atoms with Crippen molar-refractivity contribution < 1.29 is 28.8 Å². The Hall–Kier alpha value is -4.14. The molecule has 174 valence electrons. The second-order valence-electron chi connectivity index (χ2n) is 8.88. The van der Waals surface area contributed by atoms with E-state index in [2.05, 4.69) is 22.6 Å². The molecule has 2 aromatic carbocycles. The van der Waals surface area contributed by atoms with E-state index < -0.39 is 17.5 Å². The summed E-state index contributed by atoms with van der Waals surface area (Å²) in [5.41, 5.74) is 4.00. The molecule has 1 fully saturated rings. The zero-order chi connectivity index (χ0) is 23.9. The number of ether oxygens (including phenoxy) is 1. The number of carbonyl (C=O) groups excluding carboxylic acids is 2. The van der Waals surface area contributed by atoms with Crippen molar-refractivity contribution >= 4 is 18.0 Å². The average Bonchev–Trinajstić information content (AvgIpc) is 3.41. The first-order valence-corrected chi connectivity index (χ1v) is 10.9. The number of nitrogens with zero attached hydrogens (tertiary/aromatic N) is 2. The molecule has 1 aromatic heterocycles. The lowest BCUT2D eigenvalue weighted by Gasteiger charge is -2.44. The quantitative estimate of drug-likeness (QED) is 0.578. The summed E-state index contributed by atoms with van der Waals surface area (Å²) in [6.45, 7) is 1.91. The number of aromatic nitrogens is 1. The molecule has 0 spiro atoms. The molecule has 9 heteroatoms. The van der Waals surface area contributed by atoms with E-state index in [0.29, 0.717) is 0 Å². The molecule has 3 aromatic rings. The monoisotopic (exact) mass is 461 g/mol. The van der Waals surface area contributed by atoms with Gasteiger partial charge in [-0.1, -0.05) is 53.7 Å². The number of likely N-dealkylation sites (tertiary alicyclic amines) is 1. The lowest BCUT2D eigenvalue weighted by Crippen LogP contribution is -2.60. The van der Waals surface area contributed by atoms with Crippen molar-refractivity contribution in [3.05, 3.63) is 77.2 Å². The summed E-state index contributed by atoms with van der Waals surface area (Å²) in [7, 11) is 0. The number of fused-ring (bicyclic) bond motifs is 3. The van der Waals surface area contributed by atoms with Crippen molar-refractivity contribution in [3.63, 3.8) is 0 Å². The molecule has 1 saturated heterocycles. The molecule has 2 aliphatic rings. The Kier molecular flexibility index (Phi) is 5.31. The van der Waals surface area contributed by atoms with Crippen molar-refractivity contribution in [2.75, 3.05) is 19.7 Å². The van der Waals surface area contributed by atoms with Gasteiger partial charge >= 0.3 is 12.1 Å². The molecule has 0 atom stereocenters. The smallest absolute Gasteiger partial charge is 0.407 e. The molecule has 9 nitrogen and oxygen atoms in total. The SMILES string of the molecule is CC1(C(=O)O)CN(C(=O)c2conc2CNC(=O)OCC2c3ccccc3-c3ccccc32)C1. The molecule has 5 rings (SSSR count). The molecule has 0 radical (unpaired) electrons. The van der Waals surface area contributed by atoms with Crippen molar-refractivity contribution in [1.82, 2.24) is 15.4 Å². The molecular weight excluding hydrogens is 438 g/mol. The van der Waals surface area contributed by atoms with Crippen LogP contribution in [0.5, 0.6) is 0 Å². The number of benzene rings is 2. The van der Waals surface area contributed by atoms with Gasteiger partial charge in [0.25, 0.3) is 5.91 Å². The van der Waals surface area contributed by atoms with Crippen LogP contribution in [0, 0.1) is 5.41 Å². The molecule has 1 aliphatic heterocycles. The summed E-state index contributed by atoms with van der Waals surface area (Å²) in [5, 5.41) is 15.7. The first kappa shape index (κ1) is 21.7. The number of rotatable bonds is 6. The molecule has 1 aliphatic carbocycles. The van der Waals surface area contributed by atoms with Crippen LogP contribution in [0.4, 0.5) is 4.79 Å². The van der Waals surface area contributed by atoms with Crippen LogP contribution in [0.15, 0.2) is 59.3 Å². The van der Waals surface area contributed by atoms with Gasteiger partial charge in [0.15, 0.2) is 0 Å². The first-order chi connectivity index (χ1) is 16.4. The highest BCUT2D eigenvalue weighted by molar-refractivity contribution is 5.96. The minimum Gasteiger partial charge on any atom is -0.481 e. The molecule has 34 heavy (non-hydrogen) atoms. The van der Waals surface area contributed by atoms with E-state index in [4.69, 9.17) is 9.26 Å². The topological polar surface area (TPSA) is 122 Å². The Morgan fingerprint density at radius 3 is 2.35 bits per heavy atom. The molecule has 0 saturated carbocycles. The van der Waals surface area contributed by atoms with Crippen molar-refractivity contribution in [3.8, 4) is 11.1 Å². The van der Waals surface area contributed by atoms with E-state index in [-0.39, 0.29) is 49.3 Å². The summed E-state index contributed by atoms with van der Waals surface area (Å²) in [6, 6.07) is 16.1. The molecule has 0 unspecified atom stereocenters. The van der Waals surface area contributed by atoms with Crippen LogP contribution in [-0.4, -0.2) is 52.8 Å². The van der Waals surface area contributed by atoms with E-state index in [0.717, 1.165) is 22.3 Å². The van der Waals surface area contributed by atoms with Gasteiger partial charge in [0.1, 0.15) is 29.5 Å². The predicted molar refractivity (Wildman–Crippen MR) is 120 cm³/mol. The zero-order valence-electron chi connectivity index (χ0n) is 18.5. The van der Waals surface area contributed by atoms with E-state index >= 15 is 0 Å². The number of amides is 2. The lowest BCUT2D eigenvalue weighted by molar-refractivity contribution is -0.155. The number of carboxylic acid groups (broad SMARTS) is 1. The van der Waals surface area contributed by atoms with Gasteiger partial charge in [-0.25, -0.2) is 4.79 Å².